The summed E-state index contributed by atoms with van der Waals surface area (Å²) in [5.74, 6) is 0.597. The molecule has 1 atom stereocenters. The van der Waals surface area contributed by atoms with Crippen LogP contribution >= 0.6 is 11.3 Å². The highest BCUT2D eigenvalue weighted by molar-refractivity contribution is 7.13. The molecule has 0 bridgehead atoms. The maximum atomic E-state index is 12.3. The lowest BCUT2D eigenvalue weighted by Gasteiger charge is -2.15. The molecule has 3 rings (SSSR count). The van der Waals surface area contributed by atoms with Crippen LogP contribution in [0.2, 0.25) is 0 Å². The van der Waals surface area contributed by atoms with Crippen molar-refractivity contribution in [3.63, 3.8) is 0 Å². The summed E-state index contributed by atoms with van der Waals surface area (Å²) in [6.45, 7) is 8.47. The fourth-order valence-electron chi connectivity index (χ4n) is 2.75. The Morgan fingerprint density at radius 2 is 1.86 bits per heavy atom. The van der Waals surface area contributed by atoms with Gasteiger partial charge in [0.05, 0.1) is 5.69 Å². The summed E-state index contributed by atoms with van der Waals surface area (Å²) in [6, 6.07) is 14.2. The molecule has 5 heteroatoms. The molecule has 3 aromatic rings. The van der Waals surface area contributed by atoms with Crippen molar-refractivity contribution >= 4 is 17.2 Å². The lowest BCUT2D eigenvalue weighted by Crippen LogP contribution is -2.37. The average Bonchev–Trinajstić information content (AvgIpc) is 3.14. The van der Waals surface area contributed by atoms with Gasteiger partial charge in [-0.3, -0.25) is 4.79 Å². The van der Waals surface area contributed by atoms with Crippen LogP contribution in [0.15, 0.2) is 47.8 Å². The number of aryl methyl sites for hydroxylation is 3. The van der Waals surface area contributed by atoms with Crippen LogP contribution < -0.4 is 10.1 Å². The number of aromatic nitrogens is 1. The van der Waals surface area contributed by atoms with Gasteiger partial charge in [0, 0.05) is 23.9 Å². The van der Waals surface area contributed by atoms with Crippen LogP contribution in [-0.4, -0.2) is 23.5 Å². The van der Waals surface area contributed by atoms with E-state index in [4.69, 9.17) is 4.74 Å². The third-order valence-electron chi connectivity index (χ3n) is 4.69. The number of hydrogen-bond acceptors (Lipinski definition) is 4. The highest BCUT2D eigenvalue weighted by Crippen LogP contribution is 2.24. The van der Waals surface area contributed by atoms with Crippen molar-refractivity contribution in [1.29, 1.82) is 0 Å². The molecule has 2 aromatic carbocycles. The lowest BCUT2D eigenvalue weighted by molar-refractivity contribution is -0.127. The van der Waals surface area contributed by atoms with Crippen molar-refractivity contribution in [3.05, 3.63) is 70.2 Å². The maximum Gasteiger partial charge on any atom is 0.260 e. The van der Waals surface area contributed by atoms with Gasteiger partial charge >= 0.3 is 0 Å². The highest BCUT2D eigenvalue weighted by atomic mass is 32.1. The van der Waals surface area contributed by atoms with Gasteiger partial charge < -0.3 is 10.1 Å². The molecule has 0 aliphatic carbocycles. The summed E-state index contributed by atoms with van der Waals surface area (Å²) in [5, 5.41) is 5.99. The number of benzene rings is 2. The van der Waals surface area contributed by atoms with Gasteiger partial charge in [0.2, 0.25) is 0 Å². The van der Waals surface area contributed by atoms with Crippen LogP contribution in [0, 0.1) is 20.8 Å². The number of ether oxygens (including phenoxy) is 1. The highest BCUT2D eigenvalue weighted by Gasteiger charge is 2.14. The van der Waals surface area contributed by atoms with Crippen molar-refractivity contribution in [2.24, 2.45) is 0 Å². The van der Waals surface area contributed by atoms with E-state index in [1.807, 2.05) is 25.1 Å². The molecule has 0 spiro atoms. The Morgan fingerprint density at radius 3 is 2.57 bits per heavy atom. The van der Waals surface area contributed by atoms with Gasteiger partial charge in [0.1, 0.15) is 10.8 Å². The van der Waals surface area contributed by atoms with E-state index < -0.39 is 6.10 Å². The minimum atomic E-state index is -0.541. The first-order valence-corrected chi connectivity index (χ1v) is 10.3. The predicted molar refractivity (Wildman–Crippen MR) is 115 cm³/mol. The van der Waals surface area contributed by atoms with Gasteiger partial charge in [0.15, 0.2) is 6.10 Å². The zero-order valence-electron chi connectivity index (χ0n) is 16.8. The van der Waals surface area contributed by atoms with Gasteiger partial charge in [-0.2, -0.15) is 0 Å². The van der Waals surface area contributed by atoms with Gasteiger partial charge in [-0.05, 0) is 51.0 Å². The third kappa shape index (κ3) is 5.20. The first kappa shape index (κ1) is 20.1. The van der Waals surface area contributed by atoms with Crippen LogP contribution in [0.1, 0.15) is 29.3 Å². The topological polar surface area (TPSA) is 51.2 Å². The Balaban J connectivity index is 1.48. The first-order valence-electron chi connectivity index (χ1n) is 9.45. The fraction of sp³-hybridized carbons (Fsp3) is 0.304. The quantitative estimate of drug-likeness (QED) is 0.622. The number of nitrogens with zero attached hydrogens (tertiary/aromatic N) is 1. The van der Waals surface area contributed by atoms with E-state index in [-0.39, 0.29) is 5.91 Å². The van der Waals surface area contributed by atoms with E-state index in [1.165, 1.54) is 11.1 Å². The van der Waals surface area contributed by atoms with E-state index in [0.717, 1.165) is 21.8 Å². The number of carbonyl (C=O) groups is 1. The number of nitrogens with one attached hydrogen (secondary N) is 1. The van der Waals surface area contributed by atoms with Crippen molar-refractivity contribution in [2.45, 2.75) is 40.2 Å². The molecule has 0 aliphatic heterocycles. The number of thiazole rings is 1. The number of amides is 1. The summed E-state index contributed by atoms with van der Waals surface area (Å²) in [4.78, 5) is 17.0. The predicted octanol–water partition coefficient (Wildman–Crippen LogP) is 4.86. The van der Waals surface area contributed by atoms with E-state index >= 15 is 0 Å². The smallest absolute Gasteiger partial charge is 0.260 e. The fourth-order valence-corrected chi connectivity index (χ4v) is 3.61. The molecule has 0 radical (unpaired) electrons. The molecular formula is C23H26N2O2S. The molecule has 0 saturated heterocycles. The Bertz CT molecular complexity index is 947. The van der Waals surface area contributed by atoms with Crippen LogP contribution in [0.5, 0.6) is 5.75 Å². The second kappa shape index (κ2) is 9.02. The SMILES string of the molecule is Cc1ccc(-c2nc(CCNC(=O)[C@@H](C)Oc3ccc(C)c(C)c3)cs2)cc1. The second-order valence-electron chi connectivity index (χ2n) is 7.06. The molecule has 146 valence electrons. The molecule has 1 N–H and O–H groups in total. The van der Waals surface area contributed by atoms with Gasteiger partial charge in [0.25, 0.3) is 5.91 Å². The van der Waals surface area contributed by atoms with Gasteiger partial charge in [-0.15, -0.1) is 11.3 Å². The zero-order valence-corrected chi connectivity index (χ0v) is 17.6. The summed E-state index contributed by atoms with van der Waals surface area (Å²) in [5.41, 5.74) is 5.71. The maximum absolute atomic E-state index is 12.3. The summed E-state index contributed by atoms with van der Waals surface area (Å²) < 4.78 is 5.76. The molecule has 1 heterocycles. The molecule has 1 aromatic heterocycles. The molecule has 0 aliphatic rings. The Hall–Kier alpha value is -2.66. The monoisotopic (exact) mass is 394 g/mol. The number of hydrogen-bond donors (Lipinski definition) is 1. The van der Waals surface area contributed by atoms with Crippen molar-refractivity contribution in [3.8, 4) is 16.3 Å². The number of carbonyl (C=O) groups excluding carboxylic acids is 1. The number of rotatable bonds is 7. The second-order valence-corrected chi connectivity index (χ2v) is 7.92. The Labute approximate surface area is 170 Å². The lowest BCUT2D eigenvalue weighted by atomic mass is 10.1. The van der Waals surface area contributed by atoms with Gasteiger partial charge in [-0.1, -0.05) is 35.9 Å². The molecule has 0 fully saturated rings. The van der Waals surface area contributed by atoms with Crippen LogP contribution in [0.25, 0.3) is 10.6 Å². The molecule has 0 saturated carbocycles. The van der Waals surface area contributed by atoms with Crippen LogP contribution in [0.3, 0.4) is 0 Å². The van der Waals surface area contributed by atoms with E-state index in [9.17, 15) is 4.79 Å². The van der Waals surface area contributed by atoms with E-state index in [0.29, 0.717) is 18.7 Å². The zero-order chi connectivity index (χ0) is 20.1. The molecule has 28 heavy (non-hydrogen) atoms. The Morgan fingerprint density at radius 1 is 1.11 bits per heavy atom. The summed E-state index contributed by atoms with van der Waals surface area (Å²) in [6.07, 6.45) is 0.158. The molecule has 1 amide bonds. The van der Waals surface area contributed by atoms with Crippen molar-refractivity contribution in [2.75, 3.05) is 6.54 Å². The molecule has 4 nitrogen and oxygen atoms in total. The standard InChI is InChI=1S/C23H26N2O2S/c1-15-5-8-19(9-6-15)23-25-20(14-28-23)11-12-24-22(26)18(4)27-21-10-7-16(2)17(3)13-21/h5-10,13-14,18H,11-12H2,1-4H3,(H,24,26)/t18-/m1/s1. The molecule has 0 unspecified atom stereocenters. The summed E-state index contributed by atoms with van der Waals surface area (Å²) in [7, 11) is 0. The van der Waals surface area contributed by atoms with Gasteiger partial charge in [-0.25, -0.2) is 4.98 Å². The van der Waals surface area contributed by atoms with Crippen LogP contribution in [-0.2, 0) is 11.2 Å². The van der Waals surface area contributed by atoms with Crippen LogP contribution in [0.4, 0.5) is 0 Å². The normalized spacial score (nSPS) is 11.9. The Kier molecular flexibility index (Phi) is 6.47. The van der Waals surface area contributed by atoms with E-state index in [1.54, 1.807) is 18.3 Å². The largest absolute Gasteiger partial charge is 0.481 e. The summed E-state index contributed by atoms with van der Waals surface area (Å²) >= 11 is 1.63. The first-order chi connectivity index (χ1) is 13.4. The van der Waals surface area contributed by atoms with Crippen molar-refractivity contribution in [1.82, 2.24) is 10.3 Å². The van der Waals surface area contributed by atoms with E-state index in [2.05, 4.69) is 53.8 Å². The molecular weight excluding hydrogens is 368 g/mol. The third-order valence-corrected chi connectivity index (χ3v) is 5.63. The minimum absolute atomic E-state index is 0.118. The minimum Gasteiger partial charge on any atom is -0.481 e. The average molecular weight is 395 g/mol. The van der Waals surface area contributed by atoms with Crippen molar-refractivity contribution < 1.29 is 9.53 Å².